The van der Waals surface area contributed by atoms with E-state index in [4.69, 9.17) is 19.2 Å². The summed E-state index contributed by atoms with van der Waals surface area (Å²) in [6.07, 6.45) is 1.50. The minimum absolute atomic E-state index is 0. The van der Waals surface area contributed by atoms with Crippen LogP contribution >= 0.6 is 24.0 Å². The summed E-state index contributed by atoms with van der Waals surface area (Å²) in [5.74, 6) is 2.89. The van der Waals surface area contributed by atoms with Gasteiger partial charge >= 0.3 is 0 Å². The smallest absolute Gasteiger partial charge is 0.191 e. The minimum atomic E-state index is 0. The summed E-state index contributed by atoms with van der Waals surface area (Å²) in [7, 11) is 3.29. The first-order chi connectivity index (χ1) is 12.5. The number of aliphatic imine (C=N–C) groups is 1. The van der Waals surface area contributed by atoms with Crippen LogP contribution in [0, 0.1) is 11.3 Å². The molecule has 1 aliphatic heterocycles. The van der Waals surface area contributed by atoms with Gasteiger partial charge in [0.15, 0.2) is 17.5 Å². The Labute approximate surface area is 179 Å². The van der Waals surface area contributed by atoms with E-state index >= 15 is 0 Å². The number of benzene rings is 1. The average Bonchev–Trinajstić information content (AvgIpc) is 3.10. The summed E-state index contributed by atoms with van der Waals surface area (Å²) in [5.41, 5.74) is 1.20. The van der Waals surface area contributed by atoms with Crippen molar-refractivity contribution in [2.45, 2.75) is 45.9 Å². The Bertz CT molecular complexity index is 666. The number of hydrogen-bond acceptors (Lipinski definition) is 4. The van der Waals surface area contributed by atoms with Crippen molar-refractivity contribution in [3.63, 3.8) is 0 Å². The van der Waals surface area contributed by atoms with Crippen molar-refractivity contribution in [2.24, 2.45) is 16.3 Å². The van der Waals surface area contributed by atoms with Gasteiger partial charge in [-0.3, -0.25) is 0 Å². The number of fused-ring (bicyclic) bond motifs is 1. The average molecular weight is 489 g/mol. The third kappa shape index (κ3) is 4.45. The zero-order valence-corrected chi connectivity index (χ0v) is 19.2. The Balaban J connectivity index is 0.00000261. The molecule has 3 atom stereocenters. The summed E-state index contributed by atoms with van der Waals surface area (Å²) >= 11 is 0. The number of rotatable bonds is 6. The highest BCUT2D eigenvalue weighted by Crippen LogP contribution is 2.52. The highest BCUT2D eigenvalue weighted by Gasteiger charge is 2.59. The zero-order chi connectivity index (χ0) is 18.7. The molecule has 2 N–H and O–H groups in total. The predicted molar refractivity (Wildman–Crippen MR) is 118 cm³/mol. The molecule has 1 heterocycles. The molecule has 1 aromatic rings. The Kier molecular flexibility index (Phi) is 7.62. The molecule has 1 aromatic carbocycles. The maximum Gasteiger partial charge on any atom is 0.191 e. The molecule has 0 spiro atoms. The Morgan fingerprint density at radius 2 is 2.00 bits per heavy atom. The van der Waals surface area contributed by atoms with E-state index in [9.17, 15) is 0 Å². The lowest BCUT2D eigenvalue weighted by atomic mass is 9.57. The van der Waals surface area contributed by atoms with E-state index < -0.39 is 0 Å². The highest BCUT2D eigenvalue weighted by molar-refractivity contribution is 14.0. The molecule has 7 heteroatoms. The number of hydrogen-bond donors (Lipinski definition) is 2. The van der Waals surface area contributed by atoms with Crippen LogP contribution in [0.4, 0.5) is 0 Å². The van der Waals surface area contributed by atoms with Gasteiger partial charge in [0.25, 0.3) is 0 Å². The van der Waals surface area contributed by atoms with E-state index in [0.717, 1.165) is 42.6 Å². The topological polar surface area (TPSA) is 64.1 Å². The summed E-state index contributed by atoms with van der Waals surface area (Å²) in [5, 5.41) is 7.00. The molecule has 0 radical (unpaired) electrons. The number of nitrogens with one attached hydrogen (secondary N) is 2. The summed E-state index contributed by atoms with van der Waals surface area (Å²) < 4.78 is 16.6. The minimum Gasteiger partial charge on any atom is -0.493 e. The van der Waals surface area contributed by atoms with Crippen LogP contribution < -0.4 is 20.1 Å². The first kappa shape index (κ1) is 22.1. The van der Waals surface area contributed by atoms with Crippen LogP contribution in [-0.2, 0) is 11.3 Å². The second kappa shape index (κ2) is 9.32. The number of guanidine groups is 1. The maximum absolute atomic E-state index is 5.89. The Hall–Kier alpha value is -1.22. The summed E-state index contributed by atoms with van der Waals surface area (Å²) in [4.78, 5) is 4.77. The molecule has 3 rings (SSSR count). The van der Waals surface area contributed by atoms with E-state index in [1.54, 1.807) is 14.2 Å². The number of halogens is 1. The predicted octanol–water partition coefficient (Wildman–Crippen LogP) is 3.19. The van der Waals surface area contributed by atoms with Crippen molar-refractivity contribution in [3.05, 3.63) is 23.8 Å². The highest BCUT2D eigenvalue weighted by atomic mass is 127. The van der Waals surface area contributed by atoms with E-state index in [-0.39, 0.29) is 29.4 Å². The standard InChI is InChI=1S/C20H31N3O3.HI/c1-6-21-19(23-17-14-9-10-26-18(14)20(17,2)3)22-12-13-7-8-15(24-4)16(11-13)25-5;/h7-8,11,14,17-18H,6,9-10,12H2,1-5H3,(H2,21,22,23);1H. The quantitative estimate of drug-likeness (QED) is 0.365. The normalized spacial score (nSPS) is 25.7. The van der Waals surface area contributed by atoms with E-state index in [2.05, 4.69) is 31.4 Å². The fourth-order valence-electron chi connectivity index (χ4n) is 4.23. The Morgan fingerprint density at radius 1 is 1.26 bits per heavy atom. The van der Waals surface area contributed by atoms with Gasteiger partial charge in [-0.25, -0.2) is 4.99 Å². The number of ether oxygens (including phenoxy) is 3. The maximum atomic E-state index is 5.89. The lowest BCUT2D eigenvalue weighted by Crippen LogP contribution is -2.67. The van der Waals surface area contributed by atoms with Crippen LogP contribution in [0.15, 0.2) is 23.2 Å². The SMILES string of the molecule is CCNC(=NCc1ccc(OC)c(OC)c1)NC1C2CCOC2C1(C)C.I. The van der Waals surface area contributed by atoms with Crippen LogP contribution in [-0.4, -0.2) is 45.5 Å². The summed E-state index contributed by atoms with van der Waals surface area (Å²) in [6, 6.07) is 6.29. The molecule has 1 aliphatic carbocycles. The third-order valence-electron chi connectivity index (χ3n) is 5.60. The van der Waals surface area contributed by atoms with Gasteiger partial charge in [-0.15, -0.1) is 24.0 Å². The van der Waals surface area contributed by atoms with Crippen LogP contribution in [0.3, 0.4) is 0 Å². The largest absolute Gasteiger partial charge is 0.493 e. The van der Waals surface area contributed by atoms with Gasteiger partial charge in [-0.05, 0) is 31.0 Å². The van der Waals surface area contributed by atoms with Gasteiger partial charge in [0.05, 0.1) is 26.9 Å². The summed E-state index contributed by atoms with van der Waals surface area (Å²) in [6.45, 7) is 8.91. The van der Waals surface area contributed by atoms with Gasteiger partial charge in [-0.1, -0.05) is 19.9 Å². The van der Waals surface area contributed by atoms with Crippen molar-refractivity contribution in [1.82, 2.24) is 10.6 Å². The zero-order valence-electron chi connectivity index (χ0n) is 16.9. The van der Waals surface area contributed by atoms with E-state index in [1.165, 1.54) is 0 Å². The fraction of sp³-hybridized carbons (Fsp3) is 0.650. The van der Waals surface area contributed by atoms with Crippen molar-refractivity contribution < 1.29 is 14.2 Å². The van der Waals surface area contributed by atoms with Crippen molar-refractivity contribution in [1.29, 1.82) is 0 Å². The molecule has 152 valence electrons. The first-order valence-corrected chi connectivity index (χ1v) is 9.38. The van der Waals surface area contributed by atoms with Gasteiger partial charge < -0.3 is 24.8 Å². The molecule has 2 fully saturated rings. The van der Waals surface area contributed by atoms with Crippen molar-refractivity contribution in [2.75, 3.05) is 27.4 Å². The lowest BCUT2D eigenvalue weighted by molar-refractivity contribution is -0.106. The van der Waals surface area contributed by atoms with E-state index in [0.29, 0.717) is 24.6 Å². The number of nitrogens with zero attached hydrogens (tertiary/aromatic N) is 1. The molecular weight excluding hydrogens is 457 g/mol. The van der Waals surface area contributed by atoms with Crippen molar-refractivity contribution in [3.8, 4) is 11.5 Å². The monoisotopic (exact) mass is 489 g/mol. The second-order valence-electron chi connectivity index (χ2n) is 7.57. The van der Waals surface area contributed by atoms with Crippen LogP contribution in [0.2, 0.25) is 0 Å². The molecule has 1 saturated carbocycles. The van der Waals surface area contributed by atoms with Crippen molar-refractivity contribution >= 4 is 29.9 Å². The van der Waals surface area contributed by atoms with Gasteiger partial charge in [0.1, 0.15) is 0 Å². The third-order valence-corrected chi connectivity index (χ3v) is 5.60. The van der Waals surface area contributed by atoms with Crippen LogP contribution in [0.25, 0.3) is 0 Å². The molecule has 27 heavy (non-hydrogen) atoms. The first-order valence-electron chi connectivity index (χ1n) is 9.38. The molecule has 2 aliphatic rings. The van der Waals surface area contributed by atoms with Crippen LogP contribution in [0.1, 0.15) is 32.8 Å². The molecule has 3 unspecified atom stereocenters. The van der Waals surface area contributed by atoms with Crippen LogP contribution in [0.5, 0.6) is 11.5 Å². The fourth-order valence-corrected chi connectivity index (χ4v) is 4.23. The molecular formula is C20H32IN3O3. The van der Waals surface area contributed by atoms with E-state index in [1.807, 2.05) is 18.2 Å². The van der Waals surface area contributed by atoms with Gasteiger partial charge in [0.2, 0.25) is 0 Å². The van der Waals surface area contributed by atoms with Gasteiger partial charge in [-0.2, -0.15) is 0 Å². The molecule has 0 aromatic heterocycles. The molecule has 1 saturated heterocycles. The van der Waals surface area contributed by atoms with Gasteiger partial charge in [0, 0.05) is 30.5 Å². The lowest BCUT2D eigenvalue weighted by Gasteiger charge is -2.54. The second-order valence-corrected chi connectivity index (χ2v) is 7.57. The molecule has 6 nitrogen and oxygen atoms in total. The molecule has 0 amide bonds. The Morgan fingerprint density at radius 3 is 2.67 bits per heavy atom. The number of methoxy groups -OCH3 is 2. The molecule has 0 bridgehead atoms.